The van der Waals surface area contributed by atoms with Crippen molar-refractivity contribution in [3.63, 3.8) is 0 Å². The van der Waals surface area contributed by atoms with Gasteiger partial charge in [-0.25, -0.2) is 14.5 Å². The maximum atomic E-state index is 13.3. The van der Waals surface area contributed by atoms with Crippen molar-refractivity contribution in [2.45, 2.75) is 0 Å². The van der Waals surface area contributed by atoms with Crippen molar-refractivity contribution in [1.82, 2.24) is 5.32 Å². The maximum Gasteiger partial charge on any atom is 0.343 e. The van der Waals surface area contributed by atoms with Crippen LogP contribution in [0.3, 0.4) is 0 Å². The van der Waals surface area contributed by atoms with Gasteiger partial charge in [-0.1, -0.05) is 27.5 Å². The van der Waals surface area contributed by atoms with Crippen molar-refractivity contribution < 1.29 is 28.7 Å². The van der Waals surface area contributed by atoms with Crippen molar-refractivity contribution in [3.05, 3.63) is 91.3 Å². The number of anilines is 1. The van der Waals surface area contributed by atoms with Gasteiger partial charge in [-0.3, -0.25) is 14.9 Å². The molecule has 1 heterocycles. The Kier molecular flexibility index (Phi) is 7.58. The highest BCUT2D eigenvalue weighted by atomic mass is 79.9. The van der Waals surface area contributed by atoms with Gasteiger partial charge < -0.3 is 9.47 Å². The SMILES string of the molecule is COc1ccc(N2C(=O)NC(=O)/C(=C/c3cc(Br)cc(Br)c3OC(=O)c3ccc(Cl)cc3)C2=O)cc1. The summed E-state index contributed by atoms with van der Waals surface area (Å²) >= 11 is 12.6. The molecule has 1 aliphatic rings. The maximum absolute atomic E-state index is 13.3. The van der Waals surface area contributed by atoms with E-state index in [-0.39, 0.29) is 28.1 Å². The van der Waals surface area contributed by atoms with E-state index in [1.807, 2.05) is 0 Å². The minimum absolute atomic E-state index is 0.0687. The number of rotatable bonds is 5. The van der Waals surface area contributed by atoms with Crippen molar-refractivity contribution >= 4 is 79.0 Å². The Balaban J connectivity index is 1.73. The topological polar surface area (TPSA) is 102 Å². The van der Waals surface area contributed by atoms with Crippen molar-refractivity contribution in [2.75, 3.05) is 12.0 Å². The Labute approximate surface area is 227 Å². The van der Waals surface area contributed by atoms with Crippen LogP contribution in [0, 0.1) is 0 Å². The number of imide groups is 2. The molecule has 0 bridgehead atoms. The zero-order valence-electron chi connectivity index (χ0n) is 18.4. The number of barbiturate groups is 1. The fourth-order valence-corrected chi connectivity index (χ4v) is 4.78. The number of esters is 1. The summed E-state index contributed by atoms with van der Waals surface area (Å²) in [5, 5.41) is 2.62. The predicted molar refractivity (Wildman–Crippen MR) is 140 cm³/mol. The third-order valence-electron chi connectivity index (χ3n) is 5.04. The summed E-state index contributed by atoms with van der Waals surface area (Å²) in [7, 11) is 1.49. The number of hydrogen-bond donors (Lipinski definition) is 1. The number of methoxy groups -OCH3 is 1. The lowest BCUT2D eigenvalue weighted by molar-refractivity contribution is -0.122. The smallest absolute Gasteiger partial charge is 0.343 e. The average Bonchev–Trinajstić information content (AvgIpc) is 2.84. The lowest BCUT2D eigenvalue weighted by Crippen LogP contribution is -2.54. The van der Waals surface area contributed by atoms with Gasteiger partial charge in [0.2, 0.25) is 0 Å². The van der Waals surface area contributed by atoms with Crippen LogP contribution in [0.5, 0.6) is 11.5 Å². The fraction of sp³-hybridized carbons (Fsp3) is 0.0400. The van der Waals surface area contributed by atoms with Gasteiger partial charge in [0.05, 0.1) is 22.8 Å². The molecule has 0 unspecified atom stereocenters. The molecule has 0 spiro atoms. The first-order valence-corrected chi connectivity index (χ1v) is 12.2. The Bertz CT molecular complexity index is 1420. The molecule has 11 heteroatoms. The van der Waals surface area contributed by atoms with Gasteiger partial charge in [0, 0.05) is 15.1 Å². The number of urea groups is 1. The fourth-order valence-electron chi connectivity index (χ4n) is 3.31. The molecule has 1 aliphatic heterocycles. The second kappa shape index (κ2) is 10.7. The van der Waals surface area contributed by atoms with Gasteiger partial charge in [-0.05, 0) is 82.7 Å². The third-order valence-corrected chi connectivity index (χ3v) is 6.34. The summed E-state index contributed by atoms with van der Waals surface area (Å²) in [6.07, 6.45) is 1.25. The number of carbonyl (C=O) groups is 4. The number of amides is 4. The van der Waals surface area contributed by atoms with Crippen molar-refractivity contribution in [3.8, 4) is 11.5 Å². The van der Waals surface area contributed by atoms with Crippen molar-refractivity contribution in [2.24, 2.45) is 0 Å². The molecule has 1 fully saturated rings. The van der Waals surface area contributed by atoms with E-state index in [2.05, 4.69) is 37.2 Å². The monoisotopic (exact) mass is 632 g/mol. The molecule has 8 nitrogen and oxygen atoms in total. The summed E-state index contributed by atoms with van der Waals surface area (Å²) in [6.45, 7) is 0. The molecule has 1 saturated heterocycles. The average molecular weight is 635 g/mol. The lowest BCUT2D eigenvalue weighted by atomic mass is 10.1. The quantitative estimate of drug-likeness (QED) is 0.166. The van der Waals surface area contributed by atoms with Crippen LogP contribution in [0.15, 0.2) is 75.2 Å². The molecule has 0 aromatic heterocycles. The van der Waals surface area contributed by atoms with Gasteiger partial charge in [-0.2, -0.15) is 0 Å². The minimum atomic E-state index is -0.892. The van der Waals surface area contributed by atoms with E-state index in [0.29, 0.717) is 19.7 Å². The van der Waals surface area contributed by atoms with Gasteiger partial charge in [0.1, 0.15) is 11.3 Å². The minimum Gasteiger partial charge on any atom is -0.497 e. The van der Waals surface area contributed by atoms with E-state index in [4.69, 9.17) is 21.1 Å². The van der Waals surface area contributed by atoms with E-state index >= 15 is 0 Å². The third kappa shape index (κ3) is 5.35. The van der Waals surface area contributed by atoms with Gasteiger partial charge in [-0.15, -0.1) is 0 Å². The number of halogens is 3. The van der Waals surface area contributed by atoms with Gasteiger partial charge >= 0.3 is 12.0 Å². The molecular weight excluding hydrogens is 620 g/mol. The molecule has 0 radical (unpaired) electrons. The Morgan fingerprint density at radius 2 is 1.67 bits per heavy atom. The van der Waals surface area contributed by atoms with Gasteiger partial charge in [0.15, 0.2) is 5.75 Å². The van der Waals surface area contributed by atoms with Crippen LogP contribution in [0.1, 0.15) is 15.9 Å². The molecule has 1 N–H and O–H groups in total. The van der Waals surface area contributed by atoms with Crippen LogP contribution in [-0.4, -0.2) is 30.9 Å². The van der Waals surface area contributed by atoms with Gasteiger partial charge in [0.25, 0.3) is 11.8 Å². The van der Waals surface area contributed by atoms with E-state index < -0.39 is 23.8 Å². The second-order valence-electron chi connectivity index (χ2n) is 7.36. The first-order chi connectivity index (χ1) is 17.2. The first-order valence-electron chi connectivity index (χ1n) is 10.2. The number of hydrogen-bond acceptors (Lipinski definition) is 6. The highest BCUT2D eigenvalue weighted by Crippen LogP contribution is 2.36. The number of nitrogens with zero attached hydrogens (tertiary/aromatic N) is 1. The molecule has 3 aromatic rings. The lowest BCUT2D eigenvalue weighted by Gasteiger charge is -2.26. The molecule has 4 amide bonds. The molecule has 36 heavy (non-hydrogen) atoms. The normalized spacial score (nSPS) is 14.6. The van der Waals surface area contributed by atoms with E-state index in [1.54, 1.807) is 36.4 Å². The zero-order chi connectivity index (χ0) is 26.0. The number of ether oxygens (including phenoxy) is 2. The molecule has 0 aliphatic carbocycles. The largest absolute Gasteiger partial charge is 0.497 e. The Morgan fingerprint density at radius 3 is 2.31 bits per heavy atom. The molecule has 0 saturated carbocycles. The summed E-state index contributed by atoms with van der Waals surface area (Å²) < 4.78 is 11.7. The summed E-state index contributed by atoms with van der Waals surface area (Å²) in [5.41, 5.74) is 0.386. The highest BCUT2D eigenvalue weighted by Gasteiger charge is 2.37. The Hall–Kier alpha value is -3.47. The zero-order valence-corrected chi connectivity index (χ0v) is 22.3. The molecule has 182 valence electrons. The van der Waals surface area contributed by atoms with Crippen LogP contribution < -0.4 is 19.7 Å². The highest BCUT2D eigenvalue weighted by molar-refractivity contribution is 9.11. The van der Waals surface area contributed by atoms with E-state index in [9.17, 15) is 19.2 Å². The molecule has 0 atom stereocenters. The van der Waals surface area contributed by atoms with Crippen molar-refractivity contribution in [1.29, 1.82) is 0 Å². The van der Waals surface area contributed by atoms with Crippen LogP contribution in [0.4, 0.5) is 10.5 Å². The number of benzene rings is 3. The predicted octanol–water partition coefficient (Wildman–Crippen LogP) is 5.76. The summed E-state index contributed by atoms with van der Waals surface area (Å²) in [4.78, 5) is 52.0. The van der Waals surface area contributed by atoms with E-state index in [0.717, 1.165) is 4.90 Å². The molecule has 3 aromatic carbocycles. The van der Waals surface area contributed by atoms with Crippen LogP contribution >= 0.6 is 43.5 Å². The van der Waals surface area contributed by atoms with E-state index in [1.165, 1.54) is 37.5 Å². The number of nitrogens with one attached hydrogen (secondary N) is 1. The standard InChI is InChI=1S/C25H15Br2ClN2O6/c1-35-18-8-6-17(7-9-18)30-23(32)19(22(31)29-25(30)34)11-14-10-15(26)12-20(27)21(14)36-24(33)13-2-4-16(28)5-3-13/h2-12H,1H3,(H,29,31,34)/b19-11-. The van der Waals surface area contributed by atoms with Crippen LogP contribution in [0.25, 0.3) is 6.08 Å². The van der Waals surface area contributed by atoms with Crippen LogP contribution in [0.2, 0.25) is 5.02 Å². The Morgan fingerprint density at radius 1 is 1.00 bits per heavy atom. The second-order valence-corrected chi connectivity index (χ2v) is 9.56. The molecular formula is C25H15Br2ClN2O6. The summed E-state index contributed by atoms with van der Waals surface area (Å²) in [5.74, 6) is -1.81. The summed E-state index contributed by atoms with van der Waals surface area (Å²) in [6, 6.07) is 14.6. The molecule has 4 rings (SSSR count). The number of carbonyl (C=O) groups excluding carboxylic acids is 4. The first kappa shape index (κ1) is 25.6. The van der Waals surface area contributed by atoms with Crippen LogP contribution in [-0.2, 0) is 9.59 Å².